The first-order chi connectivity index (χ1) is 12.7. The van der Waals surface area contributed by atoms with Crippen LogP contribution in [0.1, 0.15) is 6.42 Å². The van der Waals surface area contributed by atoms with Gasteiger partial charge in [-0.15, -0.1) is 0 Å². The Bertz CT molecular complexity index is 900. The summed E-state index contributed by atoms with van der Waals surface area (Å²) in [4.78, 5) is 12.1. The van der Waals surface area contributed by atoms with E-state index in [0.29, 0.717) is 22.9 Å². The zero-order valence-electron chi connectivity index (χ0n) is 15.2. The summed E-state index contributed by atoms with van der Waals surface area (Å²) in [6.45, 7) is -0.0887. The molecule has 0 aliphatic rings. The fourth-order valence-corrected chi connectivity index (χ4v) is 3.35. The Labute approximate surface area is 157 Å². The number of halogens is 1. The molecule has 0 atom stereocenters. The van der Waals surface area contributed by atoms with E-state index in [1.54, 1.807) is 18.2 Å². The normalized spacial score (nSPS) is 11.0. The molecule has 0 spiro atoms. The van der Waals surface area contributed by atoms with Crippen LogP contribution in [-0.4, -0.2) is 41.3 Å². The number of methoxy groups -OCH3 is 2. The maximum absolute atomic E-state index is 12.9. The quantitative estimate of drug-likeness (QED) is 0.742. The molecule has 2 aromatic carbocycles. The number of nitrogens with one attached hydrogen (secondary N) is 1. The molecule has 0 bridgehead atoms. The predicted molar refractivity (Wildman–Crippen MR) is 101 cm³/mol. The molecule has 0 heterocycles. The first-order valence-corrected chi connectivity index (χ1v) is 9.84. The molecule has 7 nitrogen and oxygen atoms in total. The number of sulfonamides is 1. The molecule has 146 valence electrons. The van der Waals surface area contributed by atoms with Crippen LogP contribution >= 0.6 is 0 Å². The van der Waals surface area contributed by atoms with Gasteiger partial charge in [-0.1, -0.05) is 0 Å². The second-order valence-electron chi connectivity index (χ2n) is 5.68. The Hall–Kier alpha value is -2.81. The Morgan fingerprint density at radius 2 is 1.78 bits per heavy atom. The average Bonchev–Trinajstić information content (AvgIpc) is 2.62. The van der Waals surface area contributed by atoms with Crippen molar-refractivity contribution in [2.75, 3.05) is 36.6 Å². The lowest BCUT2D eigenvalue weighted by Crippen LogP contribution is -2.33. The van der Waals surface area contributed by atoms with E-state index < -0.39 is 21.7 Å². The lowest BCUT2D eigenvalue weighted by Gasteiger charge is -2.24. The summed E-state index contributed by atoms with van der Waals surface area (Å²) in [5.41, 5.74) is 0.727. The molecular weight excluding hydrogens is 375 g/mol. The third-order valence-electron chi connectivity index (χ3n) is 3.73. The van der Waals surface area contributed by atoms with Gasteiger partial charge in [-0.25, -0.2) is 12.8 Å². The fraction of sp³-hybridized carbons (Fsp3) is 0.278. The van der Waals surface area contributed by atoms with E-state index >= 15 is 0 Å². The lowest BCUT2D eigenvalue weighted by molar-refractivity contribution is -0.116. The van der Waals surface area contributed by atoms with Gasteiger partial charge in [0.15, 0.2) is 0 Å². The molecule has 0 unspecified atom stereocenters. The van der Waals surface area contributed by atoms with Gasteiger partial charge in [0.05, 0.1) is 26.2 Å². The minimum atomic E-state index is -3.66. The molecule has 2 aromatic rings. The van der Waals surface area contributed by atoms with E-state index in [1.807, 2.05) is 0 Å². The molecule has 27 heavy (non-hydrogen) atoms. The summed E-state index contributed by atoms with van der Waals surface area (Å²) < 4.78 is 48.8. The summed E-state index contributed by atoms with van der Waals surface area (Å²) in [5, 5.41) is 2.60. The smallest absolute Gasteiger partial charge is 0.232 e. The number of benzene rings is 2. The second kappa shape index (κ2) is 8.72. The van der Waals surface area contributed by atoms with Gasteiger partial charge >= 0.3 is 0 Å². The number of ether oxygens (including phenoxy) is 2. The molecule has 0 aromatic heterocycles. The number of nitrogens with zero attached hydrogens (tertiary/aromatic N) is 1. The molecule has 1 N–H and O–H groups in total. The summed E-state index contributed by atoms with van der Waals surface area (Å²) >= 11 is 0. The fourth-order valence-electron chi connectivity index (χ4n) is 2.42. The van der Waals surface area contributed by atoms with Gasteiger partial charge in [0.25, 0.3) is 0 Å². The maximum atomic E-state index is 12.9. The average molecular weight is 396 g/mol. The van der Waals surface area contributed by atoms with Crippen LogP contribution in [0.25, 0.3) is 0 Å². The van der Waals surface area contributed by atoms with Gasteiger partial charge in [-0.05, 0) is 36.4 Å². The summed E-state index contributed by atoms with van der Waals surface area (Å²) in [6, 6.07) is 10.0. The standard InChI is InChI=1S/C18H21FN2O5S/c1-25-15-8-9-16(17(12-15)26-2)21(27(3,23)24)11-10-18(22)20-14-6-4-13(19)5-7-14/h4-9,12H,10-11H2,1-3H3,(H,20,22). The lowest BCUT2D eigenvalue weighted by atomic mass is 10.2. The first-order valence-electron chi connectivity index (χ1n) is 7.99. The Balaban J connectivity index is 2.16. The number of anilines is 2. The molecule has 0 aliphatic heterocycles. The van der Waals surface area contributed by atoms with Crippen molar-refractivity contribution in [1.82, 2.24) is 0 Å². The van der Waals surface area contributed by atoms with Crippen molar-refractivity contribution < 1.29 is 27.1 Å². The molecule has 0 saturated carbocycles. The summed E-state index contributed by atoms with van der Waals surface area (Å²) in [5.74, 6) is 0.00223. The number of carbonyl (C=O) groups is 1. The molecular formula is C18H21FN2O5S. The number of hydrogen-bond donors (Lipinski definition) is 1. The van der Waals surface area contributed by atoms with Crippen LogP contribution in [0.4, 0.5) is 15.8 Å². The Morgan fingerprint density at radius 1 is 1.11 bits per heavy atom. The van der Waals surface area contributed by atoms with E-state index in [9.17, 15) is 17.6 Å². The summed E-state index contributed by atoms with van der Waals surface area (Å²) in [7, 11) is -0.756. The number of hydrogen-bond acceptors (Lipinski definition) is 5. The van der Waals surface area contributed by atoms with Crippen molar-refractivity contribution in [3.63, 3.8) is 0 Å². The van der Waals surface area contributed by atoms with Gasteiger partial charge in [-0.3, -0.25) is 9.10 Å². The minimum Gasteiger partial charge on any atom is -0.497 e. The van der Waals surface area contributed by atoms with Crippen LogP contribution in [-0.2, 0) is 14.8 Å². The molecule has 9 heteroatoms. The van der Waals surface area contributed by atoms with Crippen molar-refractivity contribution in [2.24, 2.45) is 0 Å². The van der Waals surface area contributed by atoms with Gasteiger partial charge in [0, 0.05) is 24.7 Å². The van der Waals surface area contributed by atoms with Gasteiger partial charge < -0.3 is 14.8 Å². The van der Waals surface area contributed by atoms with Crippen molar-refractivity contribution in [1.29, 1.82) is 0 Å². The highest BCUT2D eigenvalue weighted by molar-refractivity contribution is 7.92. The Kier molecular flexibility index (Phi) is 6.62. The Morgan fingerprint density at radius 3 is 2.33 bits per heavy atom. The topological polar surface area (TPSA) is 84.9 Å². The largest absolute Gasteiger partial charge is 0.497 e. The first kappa shape index (κ1) is 20.5. The van der Waals surface area contributed by atoms with Crippen LogP contribution < -0.4 is 19.1 Å². The van der Waals surface area contributed by atoms with Crippen LogP contribution in [0, 0.1) is 5.82 Å². The number of rotatable bonds is 8. The number of amides is 1. The number of carbonyl (C=O) groups excluding carboxylic acids is 1. The molecule has 2 rings (SSSR count). The highest BCUT2D eigenvalue weighted by Gasteiger charge is 2.22. The van der Waals surface area contributed by atoms with Crippen molar-refractivity contribution in [2.45, 2.75) is 6.42 Å². The van der Waals surface area contributed by atoms with E-state index in [2.05, 4.69) is 5.32 Å². The van der Waals surface area contributed by atoms with Crippen LogP contribution in [0.2, 0.25) is 0 Å². The van der Waals surface area contributed by atoms with Crippen molar-refractivity contribution in [3.05, 3.63) is 48.3 Å². The second-order valence-corrected chi connectivity index (χ2v) is 7.58. The predicted octanol–water partition coefficient (Wildman–Crippen LogP) is 2.64. The third kappa shape index (κ3) is 5.58. The maximum Gasteiger partial charge on any atom is 0.232 e. The highest BCUT2D eigenvalue weighted by Crippen LogP contribution is 2.33. The summed E-state index contributed by atoms with van der Waals surface area (Å²) in [6.07, 6.45) is 0.953. The SMILES string of the molecule is COc1ccc(N(CCC(=O)Nc2ccc(F)cc2)S(C)(=O)=O)c(OC)c1. The van der Waals surface area contributed by atoms with E-state index in [1.165, 1.54) is 38.5 Å². The monoisotopic (exact) mass is 396 g/mol. The van der Waals surface area contributed by atoms with Crippen molar-refractivity contribution >= 4 is 27.3 Å². The van der Waals surface area contributed by atoms with Gasteiger partial charge in [0.1, 0.15) is 17.3 Å². The zero-order chi connectivity index (χ0) is 20.0. The molecule has 0 fully saturated rings. The van der Waals surface area contributed by atoms with E-state index in [0.717, 1.165) is 10.6 Å². The molecule has 0 radical (unpaired) electrons. The van der Waals surface area contributed by atoms with Crippen LogP contribution in [0.15, 0.2) is 42.5 Å². The molecule has 1 amide bonds. The van der Waals surface area contributed by atoms with Crippen LogP contribution in [0.5, 0.6) is 11.5 Å². The van der Waals surface area contributed by atoms with Crippen LogP contribution in [0.3, 0.4) is 0 Å². The zero-order valence-corrected chi connectivity index (χ0v) is 16.0. The highest BCUT2D eigenvalue weighted by atomic mass is 32.2. The minimum absolute atomic E-state index is 0.0887. The van der Waals surface area contributed by atoms with E-state index in [-0.39, 0.29) is 13.0 Å². The van der Waals surface area contributed by atoms with E-state index in [4.69, 9.17) is 9.47 Å². The molecule has 0 saturated heterocycles. The molecule has 0 aliphatic carbocycles. The van der Waals surface area contributed by atoms with Crippen molar-refractivity contribution in [3.8, 4) is 11.5 Å². The van der Waals surface area contributed by atoms with Gasteiger partial charge in [0.2, 0.25) is 15.9 Å². The van der Waals surface area contributed by atoms with Gasteiger partial charge in [-0.2, -0.15) is 0 Å². The third-order valence-corrected chi connectivity index (χ3v) is 4.91.